The molecule has 5 nitrogen and oxygen atoms in total. The molecule has 0 fully saturated rings. The fourth-order valence-electron chi connectivity index (χ4n) is 1.73. The van der Waals surface area contributed by atoms with E-state index in [1.807, 2.05) is 25.1 Å². The third kappa shape index (κ3) is 4.48. The number of unbranched alkanes of at least 4 members (excludes halogenated alkanes) is 1. The maximum Gasteiger partial charge on any atom is 0.316 e. The lowest BCUT2D eigenvalue weighted by Gasteiger charge is -2.08. The van der Waals surface area contributed by atoms with Gasteiger partial charge in [-0.25, -0.2) is 0 Å². The number of aromatic nitrogens is 3. The van der Waals surface area contributed by atoms with Gasteiger partial charge in [-0.15, -0.1) is 10.2 Å². The maximum absolute atomic E-state index is 11.6. The summed E-state index contributed by atoms with van der Waals surface area (Å²) in [6.45, 7) is 4.47. The molecular formula is C15H18ClN3O2S. The summed E-state index contributed by atoms with van der Waals surface area (Å²) >= 11 is 7.44. The first-order valence-corrected chi connectivity index (χ1v) is 8.43. The molecule has 0 spiro atoms. The number of ether oxygens (including phenoxy) is 1. The monoisotopic (exact) mass is 339 g/mol. The Bertz CT molecular complexity index is 645. The molecule has 0 unspecified atom stereocenters. The minimum Gasteiger partial charge on any atom is -0.465 e. The van der Waals surface area contributed by atoms with Crippen molar-refractivity contribution in [3.05, 3.63) is 35.1 Å². The molecule has 0 aliphatic carbocycles. The molecule has 0 bridgehead atoms. The van der Waals surface area contributed by atoms with Crippen LogP contribution in [0.15, 0.2) is 29.7 Å². The normalized spacial score (nSPS) is 10.7. The minimum atomic E-state index is -0.241. The van der Waals surface area contributed by atoms with Crippen LogP contribution in [0, 0.1) is 6.92 Å². The zero-order valence-corrected chi connectivity index (χ0v) is 14.2. The standard InChI is InChI=1S/C15H18ClN3O2S/c1-3-4-7-21-14(20)9-22-15-18-17-10-19(15)12-6-5-11(2)13(16)8-12/h5-6,8,10H,3-4,7,9H2,1-2H3. The summed E-state index contributed by atoms with van der Waals surface area (Å²) in [5.74, 6) is -0.0305. The fraction of sp³-hybridized carbons (Fsp3) is 0.400. The first-order chi connectivity index (χ1) is 10.6. The number of aryl methyl sites for hydroxylation is 1. The number of nitrogens with zero attached hydrogens (tertiary/aromatic N) is 3. The van der Waals surface area contributed by atoms with Crippen molar-refractivity contribution in [2.45, 2.75) is 31.8 Å². The lowest BCUT2D eigenvalue weighted by molar-refractivity contribution is -0.140. The van der Waals surface area contributed by atoms with Gasteiger partial charge >= 0.3 is 5.97 Å². The summed E-state index contributed by atoms with van der Waals surface area (Å²) in [5.41, 5.74) is 1.87. The van der Waals surface area contributed by atoms with Gasteiger partial charge < -0.3 is 4.74 Å². The molecule has 0 radical (unpaired) electrons. The molecule has 7 heteroatoms. The van der Waals surface area contributed by atoms with E-state index in [4.69, 9.17) is 16.3 Å². The Kier molecular flexibility index (Phi) is 6.27. The zero-order valence-electron chi connectivity index (χ0n) is 12.6. The fourth-order valence-corrected chi connectivity index (χ4v) is 2.63. The second-order valence-electron chi connectivity index (χ2n) is 4.78. The molecule has 0 atom stereocenters. The Hall–Kier alpha value is -1.53. The van der Waals surface area contributed by atoms with Gasteiger partial charge in [0.25, 0.3) is 0 Å². The molecule has 118 valence electrons. The highest BCUT2D eigenvalue weighted by atomic mass is 35.5. The lowest BCUT2D eigenvalue weighted by Crippen LogP contribution is -2.09. The number of thioether (sulfide) groups is 1. The van der Waals surface area contributed by atoms with Gasteiger partial charge in [-0.2, -0.15) is 0 Å². The average Bonchev–Trinajstić information content (AvgIpc) is 2.97. The van der Waals surface area contributed by atoms with E-state index in [1.165, 1.54) is 11.8 Å². The van der Waals surface area contributed by atoms with Crippen molar-refractivity contribution in [3.8, 4) is 5.69 Å². The van der Waals surface area contributed by atoms with Crippen LogP contribution < -0.4 is 0 Å². The van der Waals surface area contributed by atoms with Crippen molar-refractivity contribution >= 4 is 29.3 Å². The van der Waals surface area contributed by atoms with Crippen molar-refractivity contribution in [2.24, 2.45) is 0 Å². The van der Waals surface area contributed by atoms with E-state index >= 15 is 0 Å². The zero-order chi connectivity index (χ0) is 15.9. The highest BCUT2D eigenvalue weighted by molar-refractivity contribution is 7.99. The number of hydrogen-bond acceptors (Lipinski definition) is 5. The van der Waals surface area contributed by atoms with Gasteiger partial charge in [-0.1, -0.05) is 42.8 Å². The average molecular weight is 340 g/mol. The summed E-state index contributed by atoms with van der Waals surface area (Å²) in [6.07, 6.45) is 3.49. The molecule has 0 aliphatic rings. The van der Waals surface area contributed by atoms with Gasteiger partial charge in [0.15, 0.2) is 5.16 Å². The van der Waals surface area contributed by atoms with Crippen LogP contribution in [-0.2, 0) is 9.53 Å². The third-order valence-electron chi connectivity index (χ3n) is 3.03. The number of rotatable bonds is 7. The molecule has 1 heterocycles. The van der Waals surface area contributed by atoms with Gasteiger partial charge in [-0.05, 0) is 31.0 Å². The van der Waals surface area contributed by atoms with E-state index in [0.29, 0.717) is 16.8 Å². The molecule has 2 aromatic rings. The largest absolute Gasteiger partial charge is 0.465 e. The first-order valence-electron chi connectivity index (χ1n) is 7.06. The molecule has 2 rings (SSSR count). The number of carbonyl (C=O) groups excluding carboxylic acids is 1. The van der Waals surface area contributed by atoms with Crippen molar-refractivity contribution in [2.75, 3.05) is 12.4 Å². The Balaban J connectivity index is 2.00. The van der Waals surface area contributed by atoms with Crippen LogP contribution in [0.25, 0.3) is 5.69 Å². The van der Waals surface area contributed by atoms with E-state index < -0.39 is 0 Å². The van der Waals surface area contributed by atoms with Crippen LogP contribution in [0.4, 0.5) is 0 Å². The number of carbonyl (C=O) groups is 1. The summed E-state index contributed by atoms with van der Waals surface area (Å²) < 4.78 is 6.92. The Morgan fingerprint density at radius 1 is 1.45 bits per heavy atom. The Morgan fingerprint density at radius 2 is 2.27 bits per heavy atom. The van der Waals surface area contributed by atoms with Crippen molar-refractivity contribution < 1.29 is 9.53 Å². The smallest absolute Gasteiger partial charge is 0.316 e. The van der Waals surface area contributed by atoms with Crippen LogP contribution in [0.2, 0.25) is 5.02 Å². The summed E-state index contributed by atoms with van der Waals surface area (Å²) in [6, 6.07) is 5.73. The topological polar surface area (TPSA) is 57.0 Å². The Morgan fingerprint density at radius 3 is 3.00 bits per heavy atom. The maximum atomic E-state index is 11.6. The molecule has 22 heavy (non-hydrogen) atoms. The predicted octanol–water partition coefficient (Wildman–Crippen LogP) is 3.66. The van der Waals surface area contributed by atoms with Gasteiger partial charge in [0.2, 0.25) is 0 Å². The number of halogens is 1. The molecule has 1 aromatic carbocycles. The second-order valence-corrected chi connectivity index (χ2v) is 6.13. The molecule has 0 saturated carbocycles. The Labute approximate surface area is 139 Å². The molecule has 0 amide bonds. The lowest BCUT2D eigenvalue weighted by atomic mass is 10.2. The van der Waals surface area contributed by atoms with Crippen LogP contribution >= 0.6 is 23.4 Å². The summed E-state index contributed by atoms with van der Waals surface area (Å²) in [5, 5.41) is 9.25. The molecule has 0 saturated heterocycles. The van der Waals surface area contributed by atoms with E-state index in [-0.39, 0.29) is 11.7 Å². The number of benzene rings is 1. The van der Waals surface area contributed by atoms with Gasteiger partial charge in [0.05, 0.1) is 18.0 Å². The van der Waals surface area contributed by atoms with Crippen molar-refractivity contribution in [1.29, 1.82) is 0 Å². The highest BCUT2D eigenvalue weighted by Crippen LogP contribution is 2.23. The van der Waals surface area contributed by atoms with Crippen molar-refractivity contribution in [1.82, 2.24) is 14.8 Å². The van der Waals surface area contributed by atoms with Gasteiger partial charge in [0.1, 0.15) is 6.33 Å². The summed E-state index contributed by atoms with van der Waals surface area (Å²) in [4.78, 5) is 11.6. The second kappa shape index (κ2) is 8.19. The van der Waals surface area contributed by atoms with E-state index in [1.54, 1.807) is 10.9 Å². The highest BCUT2D eigenvalue weighted by Gasteiger charge is 2.11. The van der Waals surface area contributed by atoms with Crippen LogP contribution in [0.5, 0.6) is 0 Å². The molecule has 0 aliphatic heterocycles. The molecular weight excluding hydrogens is 322 g/mol. The minimum absolute atomic E-state index is 0.210. The van der Waals surface area contributed by atoms with E-state index in [9.17, 15) is 4.79 Å². The van der Waals surface area contributed by atoms with Crippen molar-refractivity contribution in [3.63, 3.8) is 0 Å². The molecule has 1 aromatic heterocycles. The van der Waals surface area contributed by atoms with E-state index in [2.05, 4.69) is 17.1 Å². The van der Waals surface area contributed by atoms with Crippen LogP contribution in [0.1, 0.15) is 25.3 Å². The van der Waals surface area contributed by atoms with Gasteiger partial charge in [0, 0.05) is 5.02 Å². The number of esters is 1. The predicted molar refractivity (Wildman–Crippen MR) is 87.7 cm³/mol. The van der Waals surface area contributed by atoms with E-state index in [0.717, 1.165) is 24.1 Å². The van der Waals surface area contributed by atoms with Gasteiger partial charge in [-0.3, -0.25) is 9.36 Å². The number of hydrogen-bond donors (Lipinski definition) is 0. The summed E-state index contributed by atoms with van der Waals surface area (Å²) in [7, 11) is 0. The van der Waals surface area contributed by atoms with Crippen LogP contribution in [-0.4, -0.2) is 33.1 Å². The molecule has 0 N–H and O–H groups in total. The van der Waals surface area contributed by atoms with Crippen LogP contribution in [0.3, 0.4) is 0 Å². The third-order valence-corrected chi connectivity index (χ3v) is 4.35. The quantitative estimate of drug-likeness (QED) is 0.437. The first kappa shape index (κ1) is 16.8. The SMILES string of the molecule is CCCCOC(=O)CSc1nncn1-c1ccc(C)c(Cl)c1.